The van der Waals surface area contributed by atoms with Gasteiger partial charge in [0.15, 0.2) is 5.16 Å². The summed E-state index contributed by atoms with van der Waals surface area (Å²) in [5.41, 5.74) is 5.19. The van der Waals surface area contributed by atoms with E-state index in [0.717, 1.165) is 22.3 Å². The fourth-order valence-electron chi connectivity index (χ4n) is 2.06. The van der Waals surface area contributed by atoms with E-state index in [1.807, 2.05) is 48.5 Å². The van der Waals surface area contributed by atoms with Gasteiger partial charge in [-0.05, 0) is 29.8 Å². The van der Waals surface area contributed by atoms with Crippen LogP contribution in [-0.4, -0.2) is 35.0 Å². The number of imidazole rings is 1. The molecule has 0 spiro atoms. The molecule has 0 aliphatic rings. The van der Waals surface area contributed by atoms with Gasteiger partial charge in [-0.25, -0.2) is 10.4 Å². The molecule has 0 fully saturated rings. The number of benzene rings is 2. The monoisotopic (exact) mass is 340 g/mol. The fourth-order valence-corrected chi connectivity index (χ4v) is 2.74. The Labute approximate surface area is 143 Å². The number of fused-ring (bicyclic) bond motifs is 1. The number of carbonyl (C=O) groups excluding carboxylic acids is 1. The van der Waals surface area contributed by atoms with Gasteiger partial charge in [0.25, 0.3) is 5.91 Å². The highest BCUT2D eigenvalue weighted by Crippen LogP contribution is 2.18. The normalized spacial score (nSPS) is 11.0. The summed E-state index contributed by atoms with van der Waals surface area (Å²) in [6.45, 7) is 0. The van der Waals surface area contributed by atoms with Gasteiger partial charge in [-0.2, -0.15) is 5.10 Å². The molecule has 0 unspecified atom stereocenters. The summed E-state index contributed by atoms with van der Waals surface area (Å²) in [6.07, 6.45) is 1.58. The molecule has 0 bridgehead atoms. The quantitative estimate of drug-likeness (QED) is 0.411. The van der Waals surface area contributed by atoms with Gasteiger partial charge < -0.3 is 9.72 Å². The van der Waals surface area contributed by atoms with Crippen molar-refractivity contribution >= 4 is 34.9 Å². The molecule has 1 amide bonds. The highest BCUT2D eigenvalue weighted by molar-refractivity contribution is 7.99. The zero-order valence-corrected chi connectivity index (χ0v) is 13.8. The van der Waals surface area contributed by atoms with Crippen LogP contribution in [0, 0.1) is 0 Å². The number of thioether (sulfide) groups is 1. The van der Waals surface area contributed by atoms with Crippen LogP contribution in [0.25, 0.3) is 11.0 Å². The van der Waals surface area contributed by atoms with E-state index in [9.17, 15) is 4.79 Å². The summed E-state index contributed by atoms with van der Waals surface area (Å²) >= 11 is 1.33. The number of aromatic amines is 1. The number of hydrogen-bond donors (Lipinski definition) is 2. The average molecular weight is 340 g/mol. The lowest BCUT2D eigenvalue weighted by atomic mass is 10.2. The first-order chi connectivity index (χ1) is 11.7. The maximum atomic E-state index is 11.8. The molecule has 1 heterocycles. The van der Waals surface area contributed by atoms with Crippen LogP contribution >= 0.6 is 11.8 Å². The molecule has 24 heavy (non-hydrogen) atoms. The smallest absolute Gasteiger partial charge is 0.250 e. The minimum atomic E-state index is -0.195. The van der Waals surface area contributed by atoms with Crippen molar-refractivity contribution in [2.45, 2.75) is 5.16 Å². The first kappa shape index (κ1) is 16.1. The molecule has 0 radical (unpaired) electrons. The summed E-state index contributed by atoms with van der Waals surface area (Å²) in [5.74, 6) is 0.778. The van der Waals surface area contributed by atoms with Crippen LogP contribution in [0.3, 0.4) is 0 Å². The van der Waals surface area contributed by atoms with Crippen molar-refractivity contribution in [2.75, 3.05) is 12.9 Å². The van der Waals surface area contributed by atoms with E-state index in [1.54, 1.807) is 13.3 Å². The lowest BCUT2D eigenvalue weighted by Crippen LogP contribution is -2.19. The van der Waals surface area contributed by atoms with Crippen molar-refractivity contribution in [2.24, 2.45) is 5.10 Å². The lowest BCUT2D eigenvalue weighted by Gasteiger charge is -2.00. The van der Waals surface area contributed by atoms with E-state index in [4.69, 9.17) is 4.74 Å². The number of hydrogen-bond acceptors (Lipinski definition) is 5. The third kappa shape index (κ3) is 4.14. The number of H-pyrrole nitrogens is 1. The van der Waals surface area contributed by atoms with Crippen LogP contribution in [0.15, 0.2) is 58.8 Å². The molecule has 7 heteroatoms. The van der Waals surface area contributed by atoms with Gasteiger partial charge in [-0.1, -0.05) is 36.0 Å². The second-order valence-electron chi connectivity index (χ2n) is 4.92. The molecule has 0 aliphatic heterocycles. The molecule has 3 rings (SSSR count). The number of rotatable bonds is 6. The zero-order valence-electron chi connectivity index (χ0n) is 13.0. The van der Waals surface area contributed by atoms with Gasteiger partial charge in [-0.3, -0.25) is 4.79 Å². The molecule has 6 nitrogen and oxygen atoms in total. The molecule has 0 saturated heterocycles. The number of para-hydroxylation sites is 2. The molecule has 122 valence electrons. The first-order valence-electron chi connectivity index (χ1n) is 7.28. The molecule has 0 saturated carbocycles. The summed E-state index contributed by atoms with van der Waals surface area (Å²) < 4.78 is 5.13. The molecule has 1 aromatic heterocycles. The summed E-state index contributed by atoms with van der Waals surface area (Å²) in [6, 6.07) is 15.2. The number of aromatic nitrogens is 2. The van der Waals surface area contributed by atoms with Gasteiger partial charge in [0.1, 0.15) is 5.75 Å². The van der Waals surface area contributed by atoms with E-state index in [0.29, 0.717) is 5.16 Å². The average Bonchev–Trinajstić information content (AvgIpc) is 3.03. The number of ether oxygens (including phenoxy) is 1. The van der Waals surface area contributed by atoms with E-state index in [1.165, 1.54) is 11.8 Å². The Morgan fingerprint density at radius 1 is 1.33 bits per heavy atom. The molecule has 2 aromatic carbocycles. The molecular weight excluding hydrogens is 324 g/mol. The molecule has 0 aliphatic carbocycles. The van der Waals surface area contributed by atoms with E-state index in [2.05, 4.69) is 20.5 Å². The minimum Gasteiger partial charge on any atom is -0.497 e. The minimum absolute atomic E-state index is 0.195. The number of amides is 1. The number of nitrogens with one attached hydrogen (secondary N) is 2. The van der Waals surface area contributed by atoms with Crippen LogP contribution in [0.4, 0.5) is 0 Å². The van der Waals surface area contributed by atoms with E-state index in [-0.39, 0.29) is 11.7 Å². The van der Waals surface area contributed by atoms with Crippen LogP contribution in [0.5, 0.6) is 5.75 Å². The highest BCUT2D eigenvalue weighted by atomic mass is 32.2. The second kappa shape index (κ2) is 7.65. The van der Waals surface area contributed by atoms with Gasteiger partial charge in [-0.15, -0.1) is 0 Å². The van der Waals surface area contributed by atoms with Crippen LogP contribution in [0.1, 0.15) is 5.56 Å². The third-order valence-corrected chi connectivity index (χ3v) is 4.08. The molecule has 3 aromatic rings. The summed E-state index contributed by atoms with van der Waals surface area (Å²) in [7, 11) is 1.60. The highest BCUT2D eigenvalue weighted by Gasteiger charge is 2.06. The van der Waals surface area contributed by atoms with Gasteiger partial charge in [0, 0.05) is 0 Å². The Kier molecular flexibility index (Phi) is 5.12. The van der Waals surface area contributed by atoms with Crippen molar-refractivity contribution in [3.63, 3.8) is 0 Å². The Balaban J connectivity index is 1.51. The van der Waals surface area contributed by atoms with E-state index < -0.39 is 0 Å². The third-order valence-electron chi connectivity index (χ3n) is 3.20. The number of methoxy groups -OCH3 is 1. The van der Waals surface area contributed by atoms with Crippen LogP contribution < -0.4 is 10.2 Å². The Bertz CT molecular complexity index is 843. The van der Waals surface area contributed by atoms with Crippen molar-refractivity contribution in [3.8, 4) is 5.75 Å². The summed E-state index contributed by atoms with van der Waals surface area (Å²) in [5, 5.41) is 4.66. The molecular formula is C17H16N4O2S. The van der Waals surface area contributed by atoms with Crippen molar-refractivity contribution in [1.29, 1.82) is 0 Å². The SMILES string of the molecule is COc1cccc(/C=N/NC(=O)CSc2nc3ccccc3[nH]2)c1. The number of nitrogens with zero attached hydrogens (tertiary/aromatic N) is 2. The van der Waals surface area contributed by atoms with Gasteiger partial charge in [0.2, 0.25) is 0 Å². The van der Waals surface area contributed by atoms with Gasteiger partial charge in [0.05, 0.1) is 30.1 Å². The molecule has 0 atom stereocenters. The fraction of sp³-hybridized carbons (Fsp3) is 0.118. The zero-order chi connectivity index (χ0) is 16.8. The predicted octanol–water partition coefficient (Wildman–Crippen LogP) is 2.81. The maximum Gasteiger partial charge on any atom is 0.250 e. The molecule has 2 N–H and O–H groups in total. The first-order valence-corrected chi connectivity index (χ1v) is 8.26. The van der Waals surface area contributed by atoms with Crippen LogP contribution in [-0.2, 0) is 4.79 Å². The topological polar surface area (TPSA) is 79.4 Å². The number of carbonyl (C=O) groups is 1. The van der Waals surface area contributed by atoms with E-state index >= 15 is 0 Å². The Hall–Kier alpha value is -2.80. The van der Waals surface area contributed by atoms with Crippen LogP contribution in [0.2, 0.25) is 0 Å². The second-order valence-corrected chi connectivity index (χ2v) is 5.88. The Morgan fingerprint density at radius 3 is 3.04 bits per heavy atom. The van der Waals surface area contributed by atoms with Gasteiger partial charge >= 0.3 is 0 Å². The standard InChI is InChI=1S/C17H16N4O2S/c1-23-13-6-4-5-12(9-13)10-18-21-16(22)11-24-17-19-14-7-2-3-8-15(14)20-17/h2-10H,11H2,1H3,(H,19,20)(H,21,22)/b18-10+. The van der Waals surface area contributed by atoms with Crippen molar-refractivity contribution in [3.05, 3.63) is 54.1 Å². The van der Waals surface area contributed by atoms with Crippen molar-refractivity contribution in [1.82, 2.24) is 15.4 Å². The summed E-state index contributed by atoms with van der Waals surface area (Å²) in [4.78, 5) is 19.4. The lowest BCUT2D eigenvalue weighted by molar-refractivity contribution is -0.118. The predicted molar refractivity (Wildman–Crippen MR) is 95.5 cm³/mol. The van der Waals surface area contributed by atoms with Crippen molar-refractivity contribution < 1.29 is 9.53 Å². The Morgan fingerprint density at radius 2 is 2.21 bits per heavy atom. The largest absolute Gasteiger partial charge is 0.497 e. The maximum absolute atomic E-state index is 11.8. The number of hydrazone groups is 1.